The molecule has 0 N–H and O–H groups in total. The molecule has 96 valence electrons. The number of nitrogens with zero attached hydrogens (tertiary/aromatic N) is 2. The Labute approximate surface area is 112 Å². The van der Waals surface area contributed by atoms with Gasteiger partial charge in [0.2, 0.25) is 0 Å². The maximum atomic E-state index is 5.73. The van der Waals surface area contributed by atoms with Crippen LogP contribution < -0.4 is 0 Å². The van der Waals surface area contributed by atoms with Crippen LogP contribution in [0.1, 0.15) is 12.8 Å². The van der Waals surface area contributed by atoms with Gasteiger partial charge >= 0.3 is 0 Å². The first-order chi connectivity index (χ1) is 8.27. The van der Waals surface area contributed by atoms with Gasteiger partial charge in [0.1, 0.15) is 4.32 Å². The quantitative estimate of drug-likeness (QED) is 0.700. The Morgan fingerprint density at radius 3 is 2.47 bits per heavy atom. The van der Waals surface area contributed by atoms with Crippen molar-refractivity contribution in [2.45, 2.75) is 18.6 Å². The molecule has 0 atom stereocenters. The van der Waals surface area contributed by atoms with Gasteiger partial charge in [-0.25, -0.2) is 0 Å². The van der Waals surface area contributed by atoms with E-state index in [1.807, 2.05) is 0 Å². The van der Waals surface area contributed by atoms with Crippen LogP contribution in [0.3, 0.4) is 0 Å². The number of rotatable bonds is 2. The van der Waals surface area contributed by atoms with Crippen LogP contribution in [0, 0.1) is 0 Å². The monoisotopic (exact) mass is 274 g/mol. The second-order valence-electron chi connectivity index (χ2n) is 4.74. The molecule has 3 aliphatic rings. The lowest BCUT2D eigenvalue weighted by atomic mass is 10.0. The lowest BCUT2D eigenvalue weighted by molar-refractivity contribution is -0.186. The average Bonchev–Trinajstić information content (AvgIpc) is 2.94. The van der Waals surface area contributed by atoms with E-state index in [1.165, 1.54) is 0 Å². The van der Waals surface area contributed by atoms with E-state index < -0.39 is 0 Å². The normalized spacial score (nSPS) is 29.4. The number of thioether (sulfide) groups is 1. The SMILES string of the molecule is S=C1SCCN1CN1CCC2(CC1)OCCO2. The van der Waals surface area contributed by atoms with Crippen molar-refractivity contribution < 1.29 is 9.47 Å². The third-order valence-electron chi connectivity index (χ3n) is 3.65. The Kier molecular flexibility index (Phi) is 3.59. The molecule has 4 nitrogen and oxygen atoms in total. The summed E-state index contributed by atoms with van der Waals surface area (Å²) in [6, 6.07) is 0. The molecule has 3 rings (SSSR count). The zero-order valence-electron chi connectivity index (χ0n) is 9.89. The van der Waals surface area contributed by atoms with Gasteiger partial charge in [-0.15, -0.1) is 0 Å². The van der Waals surface area contributed by atoms with Gasteiger partial charge in [0.05, 0.1) is 19.9 Å². The van der Waals surface area contributed by atoms with Crippen molar-refractivity contribution in [3.8, 4) is 0 Å². The van der Waals surface area contributed by atoms with Crippen LogP contribution in [0.5, 0.6) is 0 Å². The highest BCUT2D eigenvalue weighted by atomic mass is 32.2. The Morgan fingerprint density at radius 1 is 1.18 bits per heavy atom. The molecule has 0 aliphatic carbocycles. The summed E-state index contributed by atoms with van der Waals surface area (Å²) < 4.78 is 12.5. The lowest BCUT2D eigenvalue weighted by Gasteiger charge is -2.39. The van der Waals surface area contributed by atoms with Crippen molar-refractivity contribution in [1.29, 1.82) is 0 Å². The van der Waals surface area contributed by atoms with Gasteiger partial charge < -0.3 is 14.4 Å². The number of thiocarbonyl (C=S) groups is 1. The molecule has 17 heavy (non-hydrogen) atoms. The molecule has 0 saturated carbocycles. The van der Waals surface area contributed by atoms with Gasteiger partial charge in [0.25, 0.3) is 0 Å². The van der Waals surface area contributed by atoms with Crippen LogP contribution in [-0.4, -0.2) is 65.2 Å². The van der Waals surface area contributed by atoms with E-state index >= 15 is 0 Å². The number of hydrogen-bond acceptors (Lipinski definition) is 5. The minimum atomic E-state index is -0.253. The van der Waals surface area contributed by atoms with Crippen molar-refractivity contribution >= 4 is 28.3 Å². The molecule has 0 amide bonds. The van der Waals surface area contributed by atoms with Crippen LogP contribution in [0.4, 0.5) is 0 Å². The molecule has 0 radical (unpaired) electrons. The zero-order chi connectivity index (χ0) is 11.7. The van der Waals surface area contributed by atoms with E-state index in [-0.39, 0.29) is 5.79 Å². The van der Waals surface area contributed by atoms with Gasteiger partial charge in [0.15, 0.2) is 5.79 Å². The Balaban J connectivity index is 1.49. The predicted molar refractivity (Wildman–Crippen MR) is 72.1 cm³/mol. The number of hydrogen-bond donors (Lipinski definition) is 0. The van der Waals surface area contributed by atoms with E-state index in [0.29, 0.717) is 0 Å². The van der Waals surface area contributed by atoms with E-state index in [0.717, 1.165) is 62.4 Å². The van der Waals surface area contributed by atoms with Gasteiger partial charge in [-0.2, -0.15) is 0 Å². The first-order valence-electron chi connectivity index (χ1n) is 6.19. The summed E-state index contributed by atoms with van der Waals surface area (Å²) in [6.07, 6.45) is 1.97. The highest BCUT2D eigenvalue weighted by Gasteiger charge is 2.40. The molecule has 3 aliphatic heterocycles. The van der Waals surface area contributed by atoms with Crippen LogP contribution in [-0.2, 0) is 9.47 Å². The first-order valence-corrected chi connectivity index (χ1v) is 7.59. The second-order valence-corrected chi connectivity index (χ2v) is 6.47. The maximum absolute atomic E-state index is 5.73. The zero-order valence-corrected chi connectivity index (χ0v) is 11.5. The summed E-state index contributed by atoms with van der Waals surface area (Å²) in [5, 5.41) is 0. The summed E-state index contributed by atoms with van der Waals surface area (Å²) in [4.78, 5) is 4.75. The molecule has 0 bridgehead atoms. The maximum Gasteiger partial charge on any atom is 0.170 e. The third-order valence-corrected chi connectivity index (χ3v) is 5.15. The van der Waals surface area contributed by atoms with Crippen LogP contribution in [0.25, 0.3) is 0 Å². The molecule has 3 heterocycles. The van der Waals surface area contributed by atoms with Crippen LogP contribution in [0.2, 0.25) is 0 Å². The second kappa shape index (κ2) is 5.01. The fourth-order valence-electron chi connectivity index (χ4n) is 2.62. The van der Waals surface area contributed by atoms with E-state index in [1.54, 1.807) is 11.8 Å². The predicted octanol–water partition coefficient (Wildman–Crippen LogP) is 1.12. The summed E-state index contributed by atoms with van der Waals surface area (Å²) in [6.45, 7) is 5.67. The molecule has 0 aromatic rings. The minimum absolute atomic E-state index is 0.253. The smallest absolute Gasteiger partial charge is 0.170 e. The Hall–Kier alpha value is 0.120. The molecule has 6 heteroatoms. The molecule has 0 aromatic heterocycles. The molecular weight excluding hydrogens is 256 g/mol. The third kappa shape index (κ3) is 2.61. The van der Waals surface area contributed by atoms with Crippen molar-refractivity contribution in [3.63, 3.8) is 0 Å². The van der Waals surface area contributed by atoms with Crippen molar-refractivity contribution in [2.24, 2.45) is 0 Å². The number of ether oxygens (including phenoxy) is 2. The van der Waals surface area contributed by atoms with Crippen molar-refractivity contribution in [3.05, 3.63) is 0 Å². The topological polar surface area (TPSA) is 24.9 Å². The molecule has 0 aromatic carbocycles. The van der Waals surface area contributed by atoms with Gasteiger partial charge in [-0.3, -0.25) is 4.90 Å². The van der Waals surface area contributed by atoms with Crippen molar-refractivity contribution in [2.75, 3.05) is 45.3 Å². The number of likely N-dealkylation sites (tertiary alicyclic amines) is 1. The highest BCUT2D eigenvalue weighted by molar-refractivity contribution is 8.23. The fourth-order valence-corrected chi connectivity index (χ4v) is 3.83. The molecular formula is C11H18N2O2S2. The summed E-state index contributed by atoms with van der Waals surface area (Å²) in [5.41, 5.74) is 0. The standard InChI is InChI=1S/C11H18N2O2S2/c16-10-13(5-8-17-10)9-12-3-1-11(2-4-12)14-6-7-15-11/h1-9H2. The number of piperidine rings is 1. The van der Waals surface area contributed by atoms with Crippen LogP contribution in [0.15, 0.2) is 0 Å². The van der Waals surface area contributed by atoms with E-state index in [2.05, 4.69) is 9.80 Å². The van der Waals surface area contributed by atoms with E-state index in [9.17, 15) is 0 Å². The van der Waals surface area contributed by atoms with Crippen molar-refractivity contribution in [1.82, 2.24) is 9.80 Å². The molecule has 3 saturated heterocycles. The largest absolute Gasteiger partial charge is 0.347 e. The Morgan fingerprint density at radius 2 is 1.88 bits per heavy atom. The van der Waals surface area contributed by atoms with Gasteiger partial charge in [0, 0.05) is 38.2 Å². The minimum Gasteiger partial charge on any atom is -0.347 e. The van der Waals surface area contributed by atoms with Crippen LogP contribution >= 0.6 is 24.0 Å². The average molecular weight is 274 g/mol. The highest BCUT2D eigenvalue weighted by Crippen LogP contribution is 2.31. The fraction of sp³-hybridized carbons (Fsp3) is 0.909. The summed E-state index contributed by atoms with van der Waals surface area (Å²) in [5.74, 6) is 0.888. The molecule has 3 fully saturated rings. The molecule has 1 spiro atoms. The Bertz CT molecular complexity index is 298. The van der Waals surface area contributed by atoms with E-state index in [4.69, 9.17) is 21.7 Å². The summed E-state index contributed by atoms with van der Waals surface area (Å²) >= 11 is 7.12. The molecule has 0 unspecified atom stereocenters. The van der Waals surface area contributed by atoms with Gasteiger partial charge in [-0.05, 0) is 0 Å². The lowest BCUT2D eigenvalue weighted by Crippen LogP contribution is -2.48. The van der Waals surface area contributed by atoms with Gasteiger partial charge in [-0.1, -0.05) is 24.0 Å². The summed E-state index contributed by atoms with van der Waals surface area (Å²) in [7, 11) is 0. The first kappa shape index (κ1) is 12.2.